The molecule has 1 fully saturated rings. The Morgan fingerprint density at radius 1 is 0.968 bits per heavy atom. The highest BCUT2D eigenvalue weighted by atomic mass is 16.3. The Kier molecular flexibility index (Phi) is 4.85. The zero-order chi connectivity index (χ0) is 21.5. The van der Waals surface area contributed by atoms with E-state index in [0.717, 1.165) is 70.8 Å². The van der Waals surface area contributed by atoms with Gasteiger partial charge in [0.15, 0.2) is 5.78 Å². The van der Waals surface area contributed by atoms with Crippen LogP contribution in [0.3, 0.4) is 0 Å². The third-order valence-corrected chi connectivity index (χ3v) is 6.21. The van der Waals surface area contributed by atoms with Gasteiger partial charge in [-0.3, -0.25) is 4.79 Å². The molecule has 0 aromatic heterocycles. The molecule has 0 bridgehead atoms. The van der Waals surface area contributed by atoms with E-state index in [2.05, 4.69) is 59.7 Å². The van der Waals surface area contributed by atoms with Gasteiger partial charge in [0.1, 0.15) is 11.3 Å². The van der Waals surface area contributed by atoms with Crippen LogP contribution in [0.1, 0.15) is 31.1 Å². The van der Waals surface area contributed by atoms with Crippen molar-refractivity contribution in [3.05, 3.63) is 71.6 Å². The molecule has 0 saturated carbocycles. The Balaban J connectivity index is 1.87. The van der Waals surface area contributed by atoms with E-state index < -0.39 is 0 Å². The monoisotopic (exact) mass is 411 g/mol. The SMILES string of the molecule is CCN(CC)c1ccc2c(-c3ccccc3C(C)=O)c3ccc(=[N+]4CC4)cc-3oc2c1. The van der Waals surface area contributed by atoms with Gasteiger partial charge in [0.05, 0.1) is 6.07 Å². The molecule has 2 heterocycles. The fourth-order valence-corrected chi connectivity index (χ4v) is 4.46. The van der Waals surface area contributed by atoms with E-state index in [9.17, 15) is 4.79 Å². The molecular formula is C27H27N2O2+. The summed E-state index contributed by atoms with van der Waals surface area (Å²) in [5.41, 5.74) is 5.77. The van der Waals surface area contributed by atoms with E-state index in [0.29, 0.717) is 0 Å². The van der Waals surface area contributed by atoms with Crippen LogP contribution in [0, 0.1) is 0 Å². The maximum Gasteiger partial charge on any atom is 0.204 e. The molecule has 2 aromatic carbocycles. The summed E-state index contributed by atoms with van der Waals surface area (Å²) in [7, 11) is 0. The van der Waals surface area contributed by atoms with Crippen LogP contribution < -0.4 is 14.8 Å². The maximum atomic E-state index is 12.4. The third-order valence-electron chi connectivity index (χ3n) is 6.21. The van der Waals surface area contributed by atoms with Crippen LogP contribution in [0.25, 0.3) is 33.4 Å². The van der Waals surface area contributed by atoms with E-state index in [1.54, 1.807) is 6.92 Å². The first-order chi connectivity index (χ1) is 15.1. The molecule has 0 unspecified atom stereocenters. The normalized spacial score (nSPS) is 13.1. The topological polar surface area (TPSA) is 36.5 Å². The van der Waals surface area contributed by atoms with Gasteiger partial charge in [0, 0.05) is 53.0 Å². The van der Waals surface area contributed by atoms with Gasteiger partial charge in [0.2, 0.25) is 18.4 Å². The smallest absolute Gasteiger partial charge is 0.204 e. The predicted molar refractivity (Wildman–Crippen MR) is 127 cm³/mol. The minimum atomic E-state index is 0.0677. The molecule has 4 heteroatoms. The molecule has 2 aliphatic heterocycles. The van der Waals surface area contributed by atoms with Crippen LogP contribution in [-0.4, -0.2) is 32.0 Å². The number of ketones is 1. The van der Waals surface area contributed by atoms with Crippen LogP contribution >= 0.6 is 0 Å². The average molecular weight is 412 g/mol. The molecule has 2 aromatic rings. The number of rotatable bonds is 5. The summed E-state index contributed by atoms with van der Waals surface area (Å²) in [6.07, 6.45) is 0. The van der Waals surface area contributed by atoms with Crippen molar-refractivity contribution in [1.29, 1.82) is 0 Å². The van der Waals surface area contributed by atoms with Crippen molar-refractivity contribution in [2.24, 2.45) is 0 Å². The summed E-state index contributed by atoms with van der Waals surface area (Å²) in [5.74, 6) is 0.917. The average Bonchev–Trinajstić information content (AvgIpc) is 3.63. The van der Waals surface area contributed by atoms with Crippen LogP contribution in [0.2, 0.25) is 0 Å². The molecule has 156 valence electrons. The fraction of sp³-hybridized carbons (Fsp3) is 0.259. The highest BCUT2D eigenvalue weighted by molar-refractivity contribution is 6.09. The van der Waals surface area contributed by atoms with E-state index in [1.807, 2.05) is 24.3 Å². The summed E-state index contributed by atoms with van der Waals surface area (Å²) >= 11 is 0. The van der Waals surface area contributed by atoms with E-state index in [4.69, 9.17) is 4.42 Å². The summed E-state index contributed by atoms with van der Waals surface area (Å²) in [6, 6.07) is 20.7. The lowest BCUT2D eigenvalue weighted by Gasteiger charge is -2.22. The van der Waals surface area contributed by atoms with E-state index in [-0.39, 0.29) is 5.78 Å². The third kappa shape index (κ3) is 3.42. The number of hydrogen-bond donors (Lipinski definition) is 0. The standard InChI is InChI=1S/C27H27N2O2/c1-4-28(5-2)19-10-12-23-25(16-19)31-26-17-20(29-14-15-29)11-13-24(26)27(23)22-9-7-6-8-21(22)18(3)30/h6-13,16-17H,4-5,14-15H2,1-3H3/q+1. The second-order valence-corrected chi connectivity index (χ2v) is 8.10. The number of nitrogens with zero attached hydrogens (tertiary/aromatic N) is 2. The van der Waals surface area contributed by atoms with Gasteiger partial charge in [-0.25, -0.2) is 4.58 Å². The second kappa shape index (κ2) is 7.69. The minimum Gasteiger partial charge on any atom is -0.456 e. The van der Waals surface area contributed by atoms with Gasteiger partial charge in [-0.05, 0) is 44.5 Å². The van der Waals surface area contributed by atoms with Gasteiger partial charge in [-0.15, -0.1) is 0 Å². The highest BCUT2D eigenvalue weighted by Crippen LogP contribution is 2.42. The summed E-state index contributed by atoms with van der Waals surface area (Å²) in [4.78, 5) is 14.8. The summed E-state index contributed by atoms with van der Waals surface area (Å²) in [5, 5.41) is 2.21. The number of hydrogen-bond acceptors (Lipinski definition) is 3. The van der Waals surface area contributed by atoms with Gasteiger partial charge < -0.3 is 9.32 Å². The quantitative estimate of drug-likeness (QED) is 0.200. The zero-order valence-corrected chi connectivity index (χ0v) is 18.3. The van der Waals surface area contributed by atoms with Crippen LogP contribution in [0.15, 0.2) is 65.1 Å². The first-order valence-corrected chi connectivity index (χ1v) is 11.0. The largest absolute Gasteiger partial charge is 0.456 e. The molecule has 0 atom stereocenters. The van der Waals surface area contributed by atoms with Gasteiger partial charge in [-0.1, -0.05) is 24.3 Å². The lowest BCUT2D eigenvalue weighted by molar-refractivity contribution is 0.101. The minimum absolute atomic E-state index is 0.0677. The second-order valence-electron chi connectivity index (χ2n) is 8.10. The highest BCUT2D eigenvalue weighted by Gasteiger charge is 2.25. The molecule has 4 nitrogen and oxygen atoms in total. The molecule has 5 rings (SSSR count). The van der Waals surface area contributed by atoms with Gasteiger partial charge in [0.25, 0.3) is 0 Å². The molecule has 0 amide bonds. The number of benzene rings is 3. The Bertz CT molecular complexity index is 1340. The van der Waals surface area contributed by atoms with Crippen LogP contribution in [0.4, 0.5) is 5.69 Å². The molecule has 1 saturated heterocycles. The van der Waals surface area contributed by atoms with Crippen molar-refractivity contribution in [2.45, 2.75) is 20.8 Å². The Labute approximate surface area is 182 Å². The van der Waals surface area contributed by atoms with Crippen molar-refractivity contribution in [3.63, 3.8) is 0 Å². The number of Topliss-reactive ketones (excluding diaryl/α,β-unsaturated/α-hetero) is 1. The number of anilines is 1. The van der Waals surface area contributed by atoms with Crippen molar-refractivity contribution in [3.8, 4) is 22.5 Å². The molecule has 0 spiro atoms. The lowest BCUT2D eigenvalue weighted by Crippen LogP contribution is -2.21. The molecule has 0 N–H and O–H groups in total. The Morgan fingerprint density at radius 2 is 1.74 bits per heavy atom. The van der Waals surface area contributed by atoms with Crippen molar-refractivity contribution in [1.82, 2.24) is 4.58 Å². The lowest BCUT2D eigenvalue weighted by atomic mass is 9.89. The molecule has 0 radical (unpaired) electrons. The van der Waals surface area contributed by atoms with Crippen molar-refractivity contribution >= 4 is 22.4 Å². The van der Waals surface area contributed by atoms with Crippen LogP contribution in [0.5, 0.6) is 0 Å². The molecule has 31 heavy (non-hydrogen) atoms. The first kappa shape index (κ1) is 19.6. The number of carbonyl (C=O) groups is 1. The Morgan fingerprint density at radius 3 is 2.45 bits per heavy atom. The molecule has 1 aliphatic carbocycles. The molecular weight excluding hydrogens is 384 g/mol. The summed E-state index contributed by atoms with van der Waals surface area (Å²) < 4.78 is 8.78. The predicted octanol–water partition coefficient (Wildman–Crippen LogP) is 5.04. The number of carbonyl (C=O) groups excluding carboxylic acids is 1. The first-order valence-electron chi connectivity index (χ1n) is 11.0. The fourth-order valence-electron chi connectivity index (χ4n) is 4.46. The van der Waals surface area contributed by atoms with Crippen molar-refractivity contribution < 1.29 is 9.21 Å². The zero-order valence-electron chi connectivity index (χ0n) is 18.3. The van der Waals surface area contributed by atoms with E-state index >= 15 is 0 Å². The van der Waals surface area contributed by atoms with E-state index in [1.165, 1.54) is 5.36 Å². The maximum absolute atomic E-state index is 12.4. The molecule has 3 aliphatic rings. The van der Waals surface area contributed by atoms with Crippen molar-refractivity contribution in [2.75, 3.05) is 31.1 Å². The van der Waals surface area contributed by atoms with Gasteiger partial charge in [-0.2, -0.15) is 0 Å². The summed E-state index contributed by atoms with van der Waals surface area (Å²) in [6.45, 7) is 10.0. The number of fused-ring (bicyclic) bond motifs is 2. The van der Waals surface area contributed by atoms with Gasteiger partial charge >= 0.3 is 0 Å². The van der Waals surface area contributed by atoms with Crippen LogP contribution in [-0.2, 0) is 0 Å². The Hall–Kier alpha value is -3.40.